The van der Waals surface area contributed by atoms with Gasteiger partial charge in [0.25, 0.3) is 0 Å². The van der Waals surface area contributed by atoms with Gasteiger partial charge in [0.2, 0.25) is 0 Å². The standard InChI is InChI=1S/C22H28N2O2/c1-5-24(4)16-23-21-12-17(2)20(11-18(21)3)22(14-25-15-22)26-13-19-9-7-6-8-10-19/h6-12,16H,5,13-15H2,1-4H3. The molecule has 0 amide bonds. The molecule has 1 saturated heterocycles. The zero-order valence-electron chi connectivity index (χ0n) is 16.2. The van der Waals surface area contributed by atoms with E-state index >= 15 is 0 Å². The number of benzene rings is 2. The molecule has 0 bridgehead atoms. The van der Waals surface area contributed by atoms with Crippen LogP contribution in [0.3, 0.4) is 0 Å². The topological polar surface area (TPSA) is 34.1 Å². The molecule has 3 rings (SSSR count). The summed E-state index contributed by atoms with van der Waals surface area (Å²) in [5, 5.41) is 0. The second kappa shape index (κ2) is 8.02. The van der Waals surface area contributed by atoms with Crippen LogP contribution < -0.4 is 0 Å². The van der Waals surface area contributed by atoms with E-state index in [1.807, 2.05) is 31.6 Å². The molecule has 26 heavy (non-hydrogen) atoms. The highest BCUT2D eigenvalue weighted by Gasteiger charge is 2.43. The smallest absolute Gasteiger partial charge is 0.140 e. The normalized spacial score (nSPS) is 15.8. The molecule has 0 aliphatic carbocycles. The molecule has 2 aromatic carbocycles. The second-order valence-corrected chi connectivity index (χ2v) is 7.03. The van der Waals surface area contributed by atoms with E-state index in [-0.39, 0.29) is 5.60 Å². The molecule has 1 heterocycles. The van der Waals surface area contributed by atoms with Gasteiger partial charge in [-0.2, -0.15) is 0 Å². The molecule has 0 spiro atoms. The van der Waals surface area contributed by atoms with E-state index in [1.165, 1.54) is 16.7 Å². The van der Waals surface area contributed by atoms with Crippen LogP contribution in [0.2, 0.25) is 0 Å². The zero-order valence-corrected chi connectivity index (χ0v) is 16.2. The summed E-state index contributed by atoms with van der Waals surface area (Å²) >= 11 is 0. The van der Waals surface area contributed by atoms with Crippen molar-refractivity contribution in [3.05, 3.63) is 64.7 Å². The first-order chi connectivity index (χ1) is 12.5. The summed E-state index contributed by atoms with van der Waals surface area (Å²) in [5.74, 6) is 0. The van der Waals surface area contributed by atoms with E-state index in [1.54, 1.807) is 0 Å². The van der Waals surface area contributed by atoms with Crippen molar-refractivity contribution in [1.82, 2.24) is 4.90 Å². The fourth-order valence-corrected chi connectivity index (χ4v) is 3.07. The van der Waals surface area contributed by atoms with Gasteiger partial charge in [-0.25, -0.2) is 4.99 Å². The minimum absolute atomic E-state index is 0.354. The molecule has 0 radical (unpaired) electrons. The molecule has 1 fully saturated rings. The third kappa shape index (κ3) is 3.97. The molecule has 2 aromatic rings. The Morgan fingerprint density at radius 1 is 1.15 bits per heavy atom. The van der Waals surface area contributed by atoms with Crippen LogP contribution in [-0.4, -0.2) is 38.0 Å². The lowest BCUT2D eigenvalue weighted by atomic mass is 9.86. The summed E-state index contributed by atoms with van der Waals surface area (Å²) in [6.07, 6.45) is 1.88. The average molecular weight is 352 g/mol. The van der Waals surface area contributed by atoms with Gasteiger partial charge in [-0.05, 0) is 49.1 Å². The SMILES string of the molecule is CCN(C)C=Nc1cc(C)c(C2(OCc3ccccc3)COC2)cc1C. The predicted octanol–water partition coefficient (Wildman–Crippen LogP) is 4.36. The first-order valence-electron chi connectivity index (χ1n) is 9.16. The van der Waals surface area contributed by atoms with E-state index in [0.717, 1.165) is 17.8 Å². The third-order valence-electron chi connectivity index (χ3n) is 4.95. The molecule has 0 atom stereocenters. The van der Waals surface area contributed by atoms with Crippen LogP contribution >= 0.6 is 0 Å². The van der Waals surface area contributed by atoms with Crippen LogP contribution in [0.25, 0.3) is 0 Å². The van der Waals surface area contributed by atoms with E-state index < -0.39 is 0 Å². The Morgan fingerprint density at radius 3 is 2.50 bits per heavy atom. The Hall–Kier alpha value is -2.17. The minimum Gasteiger partial charge on any atom is -0.375 e. The highest BCUT2D eigenvalue weighted by Crippen LogP contribution is 2.39. The quantitative estimate of drug-likeness (QED) is 0.548. The van der Waals surface area contributed by atoms with Gasteiger partial charge < -0.3 is 14.4 Å². The van der Waals surface area contributed by atoms with Crippen LogP contribution in [0, 0.1) is 13.8 Å². The second-order valence-electron chi connectivity index (χ2n) is 7.03. The minimum atomic E-state index is -0.354. The van der Waals surface area contributed by atoms with Crippen molar-refractivity contribution in [1.29, 1.82) is 0 Å². The lowest BCUT2D eigenvalue weighted by molar-refractivity contribution is -0.223. The van der Waals surface area contributed by atoms with Crippen molar-refractivity contribution in [3.8, 4) is 0 Å². The maximum atomic E-state index is 6.36. The van der Waals surface area contributed by atoms with Gasteiger partial charge in [0.15, 0.2) is 0 Å². The van der Waals surface area contributed by atoms with Crippen LogP contribution in [0.4, 0.5) is 5.69 Å². The molecule has 1 aliphatic rings. The lowest BCUT2D eigenvalue weighted by Crippen LogP contribution is -2.49. The summed E-state index contributed by atoms with van der Waals surface area (Å²) in [6, 6.07) is 14.6. The van der Waals surface area contributed by atoms with Gasteiger partial charge in [-0.3, -0.25) is 0 Å². The van der Waals surface area contributed by atoms with Crippen LogP contribution in [-0.2, 0) is 21.7 Å². The Balaban J connectivity index is 1.82. The fraction of sp³-hybridized carbons (Fsp3) is 0.409. The van der Waals surface area contributed by atoms with Crippen molar-refractivity contribution in [3.63, 3.8) is 0 Å². The number of ether oxygens (including phenoxy) is 2. The monoisotopic (exact) mass is 352 g/mol. The molecule has 0 unspecified atom stereocenters. The zero-order chi connectivity index (χ0) is 18.6. The summed E-state index contributed by atoms with van der Waals surface area (Å²) in [6.45, 7) is 9.06. The number of aliphatic imine (C=N–C) groups is 1. The summed E-state index contributed by atoms with van der Waals surface area (Å²) in [7, 11) is 2.03. The molecular formula is C22H28N2O2. The van der Waals surface area contributed by atoms with Gasteiger partial charge >= 0.3 is 0 Å². The van der Waals surface area contributed by atoms with Crippen LogP contribution in [0.15, 0.2) is 47.5 Å². The maximum Gasteiger partial charge on any atom is 0.140 e. The fourth-order valence-electron chi connectivity index (χ4n) is 3.07. The molecule has 138 valence electrons. The van der Waals surface area contributed by atoms with Crippen LogP contribution in [0.5, 0.6) is 0 Å². The van der Waals surface area contributed by atoms with E-state index in [2.05, 4.69) is 54.9 Å². The van der Waals surface area contributed by atoms with Gasteiger partial charge in [-0.15, -0.1) is 0 Å². The molecule has 0 saturated carbocycles. The number of rotatable bonds is 7. The summed E-state index contributed by atoms with van der Waals surface area (Å²) in [4.78, 5) is 6.69. The Bertz CT molecular complexity index is 767. The van der Waals surface area contributed by atoms with Gasteiger partial charge in [0.05, 0.1) is 31.8 Å². The number of hydrogen-bond acceptors (Lipinski definition) is 3. The maximum absolute atomic E-state index is 6.36. The number of hydrogen-bond donors (Lipinski definition) is 0. The van der Waals surface area contributed by atoms with E-state index in [4.69, 9.17) is 9.47 Å². The molecular weight excluding hydrogens is 324 g/mol. The Morgan fingerprint density at radius 2 is 1.88 bits per heavy atom. The van der Waals surface area contributed by atoms with Gasteiger partial charge in [-0.1, -0.05) is 36.4 Å². The largest absolute Gasteiger partial charge is 0.375 e. The van der Waals surface area contributed by atoms with E-state index in [9.17, 15) is 0 Å². The van der Waals surface area contributed by atoms with Crippen molar-refractivity contribution in [2.75, 3.05) is 26.8 Å². The lowest BCUT2D eigenvalue weighted by Gasteiger charge is -2.42. The van der Waals surface area contributed by atoms with Crippen molar-refractivity contribution in [2.45, 2.75) is 33.0 Å². The van der Waals surface area contributed by atoms with Crippen LogP contribution in [0.1, 0.15) is 29.2 Å². The van der Waals surface area contributed by atoms with Crippen molar-refractivity contribution >= 4 is 12.0 Å². The highest BCUT2D eigenvalue weighted by molar-refractivity contribution is 5.64. The molecule has 0 aromatic heterocycles. The van der Waals surface area contributed by atoms with Gasteiger partial charge in [0.1, 0.15) is 5.60 Å². The first kappa shape index (κ1) is 18.6. The number of nitrogens with zero attached hydrogens (tertiary/aromatic N) is 2. The molecule has 0 N–H and O–H groups in total. The van der Waals surface area contributed by atoms with Gasteiger partial charge in [0, 0.05) is 13.6 Å². The summed E-state index contributed by atoms with van der Waals surface area (Å²) in [5.41, 5.74) is 5.38. The summed E-state index contributed by atoms with van der Waals surface area (Å²) < 4.78 is 11.9. The van der Waals surface area contributed by atoms with Crippen molar-refractivity contribution < 1.29 is 9.47 Å². The number of aryl methyl sites for hydroxylation is 2. The predicted molar refractivity (Wildman–Crippen MR) is 106 cm³/mol. The molecule has 4 nitrogen and oxygen atoms in total. The van der Waals surface area contributed by atoms with Crippen molar-refractivity contribution in [2.24, 2.45) is 4.99 Å². The average Bonchev–Trinajstić information content (AvgIpc) is 2.62. The Kier molecular flexibility index (Phi) is 5.74. The Labute approximate surface area is 156 Å². The molecule has 1 aliphatic heterocycles. The third-order valence-corrected chi connectivity index (χ3v) is 4.95. The van der Waals surface area contributed by atoms with E-state index in [0.29, 0.717) is 19.8 Å². The highest BCUT2D eigenvalue weighted by atomic mass is 16.6. The first-order valence-corrected chi connectivity index (χ1v) is 9.16. The molecule has 4 heteroatoms.